The van der Waals surface area contributed by atoms with Crippen molar-refractivity contribution in [3.05, 3.63) is 12.1 Å². The lowest BCUT2D eigenvalue weighted by molar-refractivity contribution is -0.126. The fourth-order valence-electron chi connectivity index (χ4n) is 3.69. The van der Waals surface area contributed by atoms with Crippen LogP contribution in [-0.4, -0.2) is 46.2 Å². The molecule has 0 saturated carbocycles. The molecule has 7 nitrogen and oxygen atoms in total. The number of hydrogen-bond donors (Lipinski definition) is 1. The molecule has 29 heavy (non-hydrogen) atoms. The molecule has 1 heterocycles. The molecular formula is C22H34N2O5. The minimum absolute atomic E-state index is 0.0526. The Kier molecular flexibility index (Phi) is 8.61. The zero-order chi connectivity index (χ0) is 21.4. The standard InChI is InChI=1S/C22H34N2O5/c1-6-8-9-15(7-2)13-23-22(26)16-10-20(25)24(14-16)17-11-18(27-3)21(29-5)19(12-17)28-4/h11-12,15-16H,6-10,13-14H2,1-5H3,(H,23,26). The monoisotopic (exact) mass is 406 g/mol. The number of carbonyl (C=O) groups excluding carboxylic acids is 2. The summed E-state index contributed by atoms with van der Waals surface area (Å²) in [4.78, 5) is 26.9. The van der Waals surface area contributed by atoms with Crippen molar-refractivity contribution in [2.75, 3.05) is 39.3 Å². The van der Waals surface area contributed by atoms with Crippen LogP contribution in [0.4, 0.5) is 5.69 Å². The second kappa shape index (κ2) is 10.9. The summed E-state index contributed by atoms with van der Waals surface area (Å²) >= 11 is 0. The van der Waals surface area contributed by atoms with E-state index in [0.29, 0.717) is 41.9 Å². The van der Waals surface area contributed by atoms with Gasteiger partial charge in [-0.1, -0.05) is 33.1 Å². The highest BCUT2D eigenvalue weighted by molar-refractivity contribution is 6.00. The fourth-order valence-corrected chi connectivity index (χ4v) is 3.69. The molecule has 162 valence electrons. The third kappa shape index (κ3) is 5.55. The van der Waals surface area contributed by atoms with E-state index in [2.05, 4.69) is 19.2 Å². The van der Waals surface area contributed by atoms with Crippen LogP contribution in [0.25, 0.3) is 0 Å². The molecule has 1 saturated heterocycles. The van der Waals surface area contributed by atoms with Crippen LogP contribution < -0.4 is 24.4 Å². The molecule has 1 N–H and O–H groups in total. The fraction of sp³-hybridized carbons (Fsp3) is 0.636. The lowest BCUT2D eigenvalue weighted by Gasteiger charge is -2.21. The number of ether oxygens (including phenoxy) is 3. The first-order valence-electron chi connectivity index (χ1n) is 10.4. The minimum atomic E-state index is -0.356. The van der Waals surface area contributed by atoms with E-state index < -0.39 is 0 Å². The highest BCUT2D eigenvalue weighted by Gasteiger charge is 2.36. The molecule has 0 aromatic heterocycles. The van der Waals surface area contributed by atoms with Crippen LogP contribution >= 0.6 is 0 Å². The molecule has 1 aromatic rings. The average molecular weight is 407 g/mol. The van der Waals surface area contributed by atoms with Gasteiger partial charge in [0.15, 0.2) is 11.5 Å². The van der Waals surface area contributed by atoms with E-state index in [0.717, 1.165) is 19.3 Å². The van der Waals surface area contributed by atoms with Crippen LogP contribution in [0.1, 0.15) is 46.0 Å². The quantitative estimate of drug-likeness (QED) is 0.609. The van der Waals surface area contributed by atoms with Crippen LogP contribution in [0.15, 0.2) is 12.1 Å². The largest absolute Gasteiger partial charge is 0.493 e. The van der Waals surface area contributed by atoms with Gasteiger partial charge >= 0.3 is 0 Å². The number of carbonyl (C=O) groups is 2. The maximum Gasteiger partial charge on any atom is 0.227 e. The van der Waals surface area contributed by atoms with E-state index >= 15 is 0 Å². The molecule has 2 rings (SSSR count). The van der Waals surface area contributed by atoms with Gasteiger partial charge in [-0.15, -0.1) is 0 Å². The first-order chi connectivity index (χ1) is 14.0. The predicted molar refractivity (Wildman–Crippen MR) is 113 cm³/mol. The van der Waals surface area contributed by atoms with Crippen LogP contribution in [-0.2, 0) is 9.59 Å². The van der Waals surface area contributed by atoms with E-state index in [9.17, 15) is 9.59 Å². The number of nitrogens with zero attached hydrogens (tertiary/aromatic N) is 1. The SMILES string of the molecule is CCCCC(CC)CNC(=O)C1CC(=O)N(c2cc(OC)c(OC)c(OC)c2)C1. The molecule has 7 heteroatoms. The number of unbranched alkanes of at least 4 members (excludes halogenated alkanes) is 1. The summed E-state index contributed by atoms with van der Waals surface area (Å²) in [7, 11) is 4.60. The van der Waals surface area contributed by atoms with Crippen LogP contribution in [0.2, 0.25) is 0 Å². The van der Waals surface area contributed by atoms with Gasteiger partial charge in [0.2, 0.25) is 17.6 Å². The van der Waals surface area contributed by atoms with Gasteiger partial charge in [-0.25, -0.2) is 0 Å². The second-order valence-electron chi connectivity index (χ2n) is 7.45. The highest BCUT2D eigenvalue weighted by Crippen LogP contribution is 2.42. The number of rotatable bonds is 11. The highest BCUT2D eigenvalue weighted by atomic mass is 16.5. The number of anilines is 1. The smallest absolute Gasteiger partial charge is 0.227 e. The molecular weight excluding hydrogens is 372 g/mol. The van der Waals surface area contributed by atoms with Crippen LogP contribution in [0, 0.1) is 11.8 Å². The second-order valence-corrected chi connectivity index (χ2v) is 7.45. The van der Waals surface area contributed by atoms with Gasteiger partial charge in [-0.05, 0) is 12.3 Å². The molecule has 2 atom stereocenters. The summed E-state index contributed by atoms with van der Waals surface area (Å²) in [6.45, 7) is 5.34. The van der Waals surface area contributed by atoms with Crippen molar-refractivity contribution in [1.82, 2.24) is 5.32 Å². The zero-order valence-corrected chi connectivity index (χ0v) is 18.2. The van der Waals surface area contributed by atoms with E-state index in [-0.39, 0.29) is 24.2 Å². The number of methoxy groups -OCH3 is 3. The van der Waals surface area contributed by atoms with E-state index in [1.165, 1.54) is 27.8 Å². The van der Waals surface area contributed by atoms with Crippen LogP contribution in [0.3, 0.4) is 0 Å². The van der Waals surface area contributed by atoms with Gasteiger partial charge in [-0.3, -0.25) is 9.59 Å². The molecule has 1 aliphatic rings. The molecule has 1 aliphatic heterocycles. The molecule has 0 radical (unpaired) electrons. The Morgan fingerprint density at radius 2 is 1.83 bits per heavy atom. The third-order valence-electron chi connectivity index (χ3n) is 5.57. The Labute approximate surface area is 173 Å². The summed E-state index contributed by atoms with van der Waals surface area (Å²) in [6.07, 6.45) is 4.70. The summed E-state index contributed by atoms with van der Waals surface area (Å²) in [5.41, 5.74) is 0.634. The maximum atomic E-state index is 12.6. The van der Waals surface area contributed by atoms with Crippen molar-refractivity contribution >= 4 is 17.5 Å². The van der Waals surface area contributed by atoms with Gasteiger partial charge in [0.1, 0.15) is 0 Å². The Bertz CT molecular complexity index is 681. The molecule has 1 aromatic carbocycles. The van der Waals surface area contributed by atoms with E-state index in [1.807, 2.05) is 0 Å². The molecule has 0 spiro atoms. The van der Waals surface area contributed by atoms with E-state index in [1.54, 1.807) is 17.0 Å². The van der Waals surface area contributed by atoms with Crippen molar-refractivity contribution in [1.29, 1.82) is 0 Å². The lowest BCUT2D eigenvalue weighted by atomic mass is 9.99. The Hall–Kier alpha value is -2.44. The first-order valence-corrected chi connectivity index (χ1v) is 10.4. The van der Waals surface area contributed by atoms with Crippen molar-refractivity contribution in [2.45, 2.75) is 46.0 Å². The van der Waals surface area contributed by atoms with Gasteiger partial charge in [-0.2, -0.15) is 0 Å². The van der Waals surface area contributed by atoms with Crippen molar-refractivity contribution < 1.29 is 23.8 Å². The number of nitrogens with one attached hydrogen (secondary N) is 1. The summed E-state index contributed by atoms with van der Waals surface area (Å²) in [5, 5.41) is 3.05. The van der Waals surface area contributed by atoms with Gasteiger partial charge < -0.3 is 24.4 Å². The molecule has 0 aliphatic carbocycles. The zero-order valence-electron chi connectivity index (χ0n) is 18.2. The first kappa shape index (κ1) is 22.8. The van der Waals surface area contributed by atoms with Crippen molar-refractivity contribution in [3.8, 4) is 17.2 Å². The molecule has 0 bridgehead atoms. The topological polar surface area (TPSA) is 77.1 Å². The number of amides is 2. The maximum absolute atomic E-state index is 12.6. The average Bonchev–Trinajstić information content (AvgIpc) is 3.14. The molecule has 2 unspecified atom stereocenters. The summed E-state index contributed by atoms with van der Waals surface area (Å²) in [5.74, 6) is 1.42. The van der Waals surface area contributed by atoms with Gasteiger partial charge in [0.05, 0.1) is 32.9 Å². The third-order valence-corrected chi connectivity index (χ3v) is 5.57. The number of hydrogen-bond acceptors (Lipinski definition) is 5. The lowest BCUT2D eigenvalue weighted by Crippen LogP contribution is -2.35. The van der Waals surface area contributed by atoms with Gasteiger partial charge in [0, 0.05) is 31.6 Å². The Morgan fingerprint density at radius 1 is 1.17 bits per heavy atom. The number of benzene rings is 1. The normalized spacial score (nSPS) is 17.2. The van der Waals surface area contributed by atoms with Crippen LogP contribution in [0.5, 0.6) is 17.2 Å². The van der Waals surface area contributed by atoms with Crippen molar-refractivity contribution in [2.24, 2.45) is 11.8 Å². The van der Waals surface area contributed by atoms with Crippen molar-refractivity contribution in [3.63, 3.8) is 0 Å². The Balaban J connectivity index is 2.07. The Morgan fingerprint density at radius 3 is 2.34 bits per heavy atom. The minimum Gasteiger partial charge on any atom is -0.493 e. The molecule has 2 amide bonds. The summed E-state index contributed by atoms with van der Waals surface area (Å²) < 4.78 is 16.1. The molecule has 1 fully saturated rings. The van der Waals surface area contributed by atoms with Gasteiger partial charge in [0.25, 0.3) is 0 Å². The van der Waals surface area contributed by atoms with E-state index in [4.69, 9.17) is 14.2 Å². The summed E-state index contributed by atoms with van der Waals surface area (Å²) in [6, 6.07) is 3.47. The predicted octanol–water partition coefficient (Wildman–Crippen LogP) is 3.40.